The number of anilines is 1. The van der Waals surface area contributed by atoms with Crippen molar-refractivity contribution in [3.8, 4) is 5.75 Å². The second-order valence-corrected chi connectivity index (χ2v) is 10.2. The van der Waals surface area contributed by atoms with Gasteiger partial charge in [0.25, 0.3) is 5.69 Å². The first-order valence-electron chi connectivity index (χ1n) is 11.7. The van der Waals surface area contributed by atoms with Crippen LogP contribution in [0.4, 0.5) is 11.4 Å². The molecule has 0 heterocycles. The number of non-ortho nitro benzene ring substituents is 1. The number of rotatable bonds is 5. The fraction of sp³-hybridized carbons (Fsp3) is 0.538. The summed E-state index contributed by atoms with van der Waals surface area (Å²) in [6.45, 7) is 2.99. The summed E-state index contributed by atoms with van der Waals surface area (Å²) in [6, 6.07) is 13.1. The molecular weight excluding hydrogens is 404 g/mol. The van der Waals surface area contributed by atoms with Gasteiger partial charge < -0.3 is 15.2 Å². The van der Waals surface area contributed by atoms with Crippen molar-refractivity contribution in [2.45, 2.75) is 51.0 Å². The molecule has 0 amide bonds. The standard InChI is InChI=1S/C26H32N2O4/c1-26-12-11-22-21-10-8-20(32-2)13-16(21)3-9-23(22)24(26)14-17(25(26)29)15-27-18-4-6-19(7-5-18)28(30)31/h4-8,10,13,17,22-25,27,29H,3,9,11-12,14-15H2,1-2H3/t17-,22-,23-,24+,25+,26+/m1/s1. The van der Waals surface area contributed by atoms with E-state index in [0.29, 0.717) is 24.3 Å². The molecule has 2 aromatic carbocycles. The minimum absolute atomic E-state index is 0.0348. The number of methoxy groups -OCH3 is 1. The number of aryl methyl sites for hydroxylation is 1. The van der Waals surface area contributed by atoms with Gasteiger partial charge in [-0.15, -0.1) is 0 Å². The Labute approximate surface area is 189 Å². The fourth-order valence-corrected chi connectivity index (χ4v) is 6.98. The minimum Gasteiger partial charge on any atom is -0.497 e. The molecule has 0 saturated heterocycles. The third-order valence-electron chi connectivity index (χ3n) is 8.70. The number of fused-ring (bicyclic) bond motifs is 5. The Kier molecular flexibility index (Phi) is 5.36. The molecule has 5 rings (SSSR count). The Bertz CT molecular complexity index is 1010. The van der Waals surface area contributed by atoms with E-state index in [2.05, 4.69) is 30.4 Å². The lowest BCUT2D eigenvalue weighted by molar-refractivity contribution is -0.384. The van der Waals surface area contributed by atoms with E-state index < -0.39 is 0 Å². The average molecular weight is 437 g/mol. The van der Waals surface area contributed by atoms with Gasteiger partial charge in [-0.1, -0.05) is 13.0 Å². The van der Waals surface area contributed by atoms with E-state index in [0.717, 1.165) is 37.1 Å². The summed E-state index contributed by atoms with van der Waals surface area (Å²) < 4.78 is 5.44. The number of benzene rings is 2. The average Bonchev–Trinajstić information content (AvgIpc) is 3.07. The predicted octanol–water partition coefficient (Wildman–Crippen LogP) is 5.16. The number of nitro groups is 1. The molecular formula is C26H32N2O4. The maximum atomic E-state index is 11.3. The summed E-state index contributed by atoms with van der Waals surface area (Å²) in [6.07, 6.45) is 5.17. The monoisotopic (exact) mass is 436 g/mol. The maximum Gasteiger partial charge on any atom is 0.269 e. The van der Waals surface area contributed by atoms with Crippen molar-refractivity contribution in [3.05, 3.63) is 63.7 Å². The van der Waals surface area contributed by atoms with Gasteiger partial charge in [-0.2, -0.15) is 0 Å². The fourth-order valence-electron chi connectivity index (χ4n) is 6.98. The van der Waals surface area contributed by atoms with Gasteiger partial charge in [0.2, 0.25) is 0 Å². The van der Waals surface area contributed by atoms with Crippen molar-refractivity contribution in [3.63, 3.8) is 0 Å². The van der Waals surface area contributed by atoms with Crippen LogP contribution in [0.15, 0.2) is 42.5 Å². The molecule has 2 saturated carbocycles. The Morgan fingerprint density at radius 2 is 2.00 bits per heavy atom. The molecule has 2 N–H and O–H groups in total. The Balaban J connectivity index is 1.31. The van der Waals surface area contributed by atoms with Crippen LogP contribution in [-0.2, 0) is 6.42 Å². The van der Waals surface area contributed by atoms with Crippen LogP contribution in [0.2, 0.25) is 0 Å². The number of nitro benzene ring substituents is 1. The highest BCUT2D eigenvalue weighted by Gasteiger charge is 2.57. The van der Waals surface area contributed by atoms with E-state index in [-0.39, 0.29) is 28.0 Å². The summed E-state index contributed by atoms with van der Waals surface area (Å²) in [5, 5.41) is 25.6. The first-order chi connectivity index (χ1) is 15.4. The first kappa shape index (κ1) is 21.3. The van der Waals surface area contributed by atoms with E-state index in [1.807, 2.05) is 0 Å². The topological polar surface area (TPSA) is 84.6 Å². The van der Waals surface area contributed by atoms with Crippen LogP contribution in [-0.4, -0.2) is 29.8 Å². The molecule has 0 radical (unpaired) electrons. The zero-order valence-electron chi connectivity index (χ0n) is 18.8. The van der Waals surface area contributed by atoms with Gasteiger partial charge in [-0.25, -0.2) is 0 Å². The number of nitrogens with zero attached hydrogens (tertiary/aromatic N) is 1. The molecule has 0 aliphatic heterocycles. The van der Waals surface area contributed by atoms with E-state index in [4.69, 9.17) is 4.74 Å². The van der Waals surface area contributed by atoms with Crippen LogP contribution in [0.1, 0.15) is 49.7 Å². The lowest BCUT2D eigenvalue weighted by Crippen LogP contribution is -2.44. The van der Waals surface area contributed by atoms with Gasteiger partial charge in [-0.3, -0.25) is 10.1 Å². The molecule has 0 spiro atoms. The van der Waals surface area contributed by atoms with E-state index in [9.17, 15) is 15.2 Å². The third kappa shape index (κ3) is 3.45. The molecule has 170 valence electrons. The van der Waals surface area contributed by atoms with Crippen molar-refractivity contribution in [1.29, 1.82) is 0 Å². The molecule has 0 bridgehead atoms. The molecule has 2 fully saturated rings. The second-order valence-electron chi connectivity index (χ2n) is 10.2. The Morgan fingerprint density at radius 1 is 1.22 bits per heavy atom. The maximum absolute atomic E-state index is 11.3. The minimum atomic E-state index is -0.384. The van der Waals surface area contributed by atoms with Crippen LogP contribution in [0.25, 0.3) is 0 Å². The van der Waals surface area contributed by atoms with Gasteiger partial charge in [0.05, 0.1) is 18.1 Å². The third-order valence-corrected chi connectivity index (χ3v) is 8.70. The van der Waals surface area contributed by atoms with Crippen LogP contribution in [0.5, 0.6) is 5.75 Å². The molecule has 2 aromatic rings. The Morgan fingerprint density at radius 3 is 2.72 bits per heavy atom. The summed E-state index contributed by atoms with van der Waals surface area (Å²) in [5.74, 6) is 2.85. The zero-order chi connectivity index (χ0) is 22.5. The molecule has 0 aromatic heterocycles. The SMILES string of the molecule is COc1ccc2c(c1)CC[C@@H]1[C@@H]2CC[C@]2(C)[C@@H](O)[C@@H](CNc3ccc([N+](=O)[O-])cc3)C[C@@H]12. The van der Waals surface area contributed by atoms with Crippen molar-refractivity contribution in [2.75, 3.05) is 19.0 Å². The smallest absolute Gasteiger partial charge is 0.269 e. The molecule has 6 heteroatoms. The van der Waals surface area contributed by atoms with Crippen LogP contribution >= 0.6 is 0 Å². The van der Waals surface area contributed by atoms with Crippen molar-refractivity contribution in [2.24, 2.45) is 23.2 Å². The van der Waals surface area contributed by atoms with E-state index >= 15 is 0 Å². The number of aliphatic hydroxyl groups is 1. The zero-order valence-corrected chi connectivity index (χ0v) is 18.8. The van der Waals surface area contributed by atoms with Crippen molar-refractivity contribution < 1.29 is 14.8 Å². The second kappa shape index (κ2) is 8.07. The lowest BCUT2D eigenvalue weighted by Gasteiger charge is -2.50. The lowest BCUT2D eigenvalue weighted by atomic mass is 9.55. The number of nitrogens with one attached hydrogen (secondary N) is 1. The van der Waals surface area contributed by atoms with Gasteiger partial charge in [0.15, 0.2) is 0 Å². The summed E-state index contributed by atoms with van der Waals surface area (Å²) in [7, 11) is 1.73. The van der Waals surface area contributed by atoms with E-state index in [1.54, 1.807) is 19.2 Å². The Hall–Kier alpha value is -2.60. The number of hydrogen-bond donors (Lipinski definition) is 2. The number of ether oxygens (including phenoxy) is 1. The van der Waals surface area contributed by atoms with Crippen molar-refractivity contribution >= 4 is 11.4 Å². The van der Waals surface area contributed by atoms with Crippen molar-refractivity contribution in [1.82, 2.24) is 0 Å². The predicted molar refractivity (Wildman–Crippen MR) is 124 cm³/mol. The summed E-state index contributed by atoms with van der Waals surface area (Å²) in [5.41, 5.74) is 3.85. The summed E-state index contributed by atoms with van der Waals surface area (Å²) in [4.78, 5) is 10.5. The van der Waals surface area contributed by atoms with Gasteiger partial charge in [0, 0.05) is 30.3 Å². The number of aliphatic hydroxyl groups excluding tert-OH is 1. The normalized spacial score (nSPS) is 33.0. The molecule has 0 unspecified atom stereocenters. The molecule has 6 atom stereocenters. The van der Waals surface area contributed by atoms with Crippen LogP contribution in [0.3, 0.4) is 0 Å². The van der Waals surface area contributed by atoms with Gasteiger partial charge >= 0.3 is 0 Å². The summed E-state index contributed by atoms with van der Waals surface area (Å²) >= 11 is 0. The largest absolute Gasteiger partial charge is 0.497 e. The molecule has 32 heavy (non-hydrogen) atoms. The first-order valence-corrected chi connectivity index (χ1v) is 11.7. The molecule has 3 aliphatic carbocycles. The number of hydrogen-bond acceptors (Lipinski definition) is 5. The molecule has 3 aliphatic rings. The van der Waals surface area contributed by atoms with Gasteiger partial charge in [-0.05, 0) is 90.7 Å². The van der Waals surface area contributed by atoms with Crippen LogP contribution in [0, 0.1) is 33.3 Å². The van der Waals surface area contributed by atoms with Gasteiger partial charge in [0.1, 0.15) is 5.75 Å². The quantitative estimate of drug-likeness (QED) is 0.500. The highest BCUT2D eigenvalue weighted by Crippen LogP contribution is 2.62. The van der Waals surface area contributed by atoms with Crippen LogP contribution < -0.4 is 10.1 Å². The highest BCUT2D eigenvalue weighted by atomic mass is 16.6. The molecule has 6 nitrogen and oxygen atoms in total. The highest BCUT2D eigenvalue weighted by molar-refractivity contribution is 5.48. The van der Waals surface area contributed by atoms with E-state index in [1.165, 1.54) is 29.7 Å².